The first-order chi connectivity index (χ1) is 0. The van der Waals surface area contributed by atoms with Crippen LogP contribution in [0, 0.1) is 0 Å². The molecule has 7 heavy (non-hydrogen) atoms. The Morgan fingerprint density at radius 2 is 0.286 bits per heavy atom. The molecule has 0 unspecified atom stereocenters. The molecule has 0 aromatic rings. The van der Waals surface area contributed by atoms with Gasteiger partial charge in [-0.1, -0.05) is 0 Å². The van der Waals surface area contributed by atoms with Crippen molar-refractivity contribution in [1.82, 2.24) is 0 Å². The standard InChI is InChI=1S/4Al.3Hf/q;;;;3*+4. The van der Waals surface area contributed by atoms with Crippen molar-refractivity contribution in [2.45, 2.75) is 0 Å². The summed E-state index contributed by atoms with van der Waals surface area (Å²) < 4.78 is 0. The first-order valence-corrected chi connectivity index (χ1v) is 0. The Hall–Kier alpha value is 4.74. The Labute approximate surface area is 144 Å². The summed E-state index contributed by atoms with van der Waals surface area (Å²) in [5.74, 6) is 0. The van der Waals surface area contributed by atoms with E-state index in [4.69, 9.17) is 0 Å². The van der Waals surface area contributed by atoms with E-state index in [1.165, 1.54) is 0 Å². The third kappa shape index (κ3) is 36.5. The molecule has 0 saturated carbocycles. The largest absolute Gasteiger partial charge is 4.00 e. The zero-order valence-electron chi connectivity index (χ0n) is 3.81. The molecule has 0 aromatic heterocycles. The van der Waals surface area contributed by atoms with Crippen molar-refractivity contribution in [3.05, 3.63) is 0 Å². The maximum atomic E-state index is 0. The zero-order valence-corrected chi connectivity index (χ0v) is 19.2. The second kappa shape index (κ2) is 45.3. The monoisotopic (exact) mass is 648 g/mol. The Morgan fingerprint density at radius 3 is 0.286 bits per heavy atom. The first-order valence-electron chi connectivity index (χ1n) is 0. The van der Waals surface area contributed by atoms with Gasteiger partial charge in [0.25, 0.3) is 0 Å². The van der Waals surface area contributed by atoms with Gasteiger partial charge in [0.2, 0.25) is 0 Å². The Balaban J connectivity index is 0. The van der Waals surface area contributed by atoms with E-state index in [0.717, 1.165) is 0 Å². The smallest absolute Gasteiger partial charge is 0 e. The summed E-state index contributed by atoms with van der Waals surface area (Å²) in [7, 11) is 0. The average molecular weight is 643 g/mol. The van der Waals surface area contributed by atoms with Gasteiger partial charge in [-0.25, -0.2) is 0 Å². The fraction of sp³-hybridized carbons (Fsp3) is 0. The topological polar surface area (TPSA) is 0 Å². The summed E-state index contributed by atoms with van der Waals surface area (Å²) in [4.78, 5) is 0. The molecule has 0 bridgehead atoms. The van der Waals surface area contributed by atoms with Gasteiger partial charge in [0, 0.05) is 69.4 Å². The molecule has 0 N–H and O–H groups in total. The summed E-state index contributed by atoms with van der Waals surface area (Å²) in [6.07, 6.45) is 0. The zero-order chi connectivity index (χ0) is 0. The van der Waals surface area contributed by atoms with Gasteiger partial charge in [0.05, 0.1) is 0 Å². The van der Waals surface area contributed by atoms with Crippen molar-refractivity contribution in [2.75, 3.05) is 0 Å². The molecule has 0 aliphatic rings. The van der Waals surface area contributed by atoms with Crippen molar-refractivity contribution >= 4 is 69.4 Å². The summed E-state index contributed by atoms with van der Waals surface area (Å²) in [5, 5.41) is 0. The molecule has 0 aliphatic carbocycles. The Kier molecular flexibility index (Phi) is 390. The van der Waals surface area contributed by atoms with Gasteiger partial charge in [0.1, 0.15) is 0 Å². The second-order valence-corrected chi connectivity index (χ2v) is 0. The van der Waals surface area contributed by atoms with Crippen molar-refractivity contribution < 1.29 is 77.5 Å². The van der Waals surface area contributed by atoms with Crippen LogP contribution in [-0.4, -0.2) is 69.4 Å². The Morgan fingerprint density at radius 1 is 0.286 bits per heavy atom. The van der Waals surface area contributed by atoms with E-state index in [1.54, 1.807) is 0 Å². The Bertz CT molecular complexity index is 6.90. The second-order valence-electron chi connectivity index (χ2n) is 0. The maximum absolute atomic E-state index is 0. The molecule has 0 atom stereocenters. The van der Waals surface area contributed by atoms with Crippen molar-refractivity contribution in [2.24, 2.45) is 0 Å². The molecule has 0 amide bonds. The maximum Gasteiger partial charge on any atom is 4.00 e. The summed E-state index contributed by atoms with van der Waals surface area (Å²) >= 11 is 0. The molecule has 12 valence electrons. The fourth-order valence-electron chi connectivity index (χ4n) is 0. The molecule has 0 spiro atoms. The van der Waals surface area contributed by atoms with E-state index < -0.39 is 0 Å². The predicted octanol–water partition coefficient (Wildman–Crippen LogP) is -1.53. The minimum Gasteiger partial charge on any atom is 0 e. The molecular weight excluding hydrogens is 643 g/mol. The molecule has 0 nitrogen and oxygen atoms in total. The van der Waals surface area contributed by atoms with Crippen LogP contribution in [0.2, 0.25) is 0 Å². The molecule has 0 saturated heterocycles. The van der Waals surface area contributed by atoms with Gasteiger partial charge in [0.15, 0.2) is 0 Å². The van der Waals surface area contributed by atoms with Crippen molar-refractivity contribution in [3.8, 4) is 0 Å². The number of hydrogen-bond acceptors (Lipinski definition) is 0. The van der Waals surface area contributed by atoms with Crippen LogP contribution in [0.1, 0.15) is 0 Å². The van der Waals surface area contributed by atoms with E-state index in [-0.39, 0.29) is 147 Å². The van der Waals surface area contributed by atoms with Gasteiger partial charge in [-0.2, -0.15) is 0 Å². The van der Waals surface area contributed by atoms with Crippen LogP contribution in [0.5, 0.6) is 0 Å². The minimum absolute atomic E-state index is 0. The SMILES string of the molecule is [Al].[Al].[Al].[Al].[Hf+4].[Hf+4].[Hf+4]. The molecule has 0 heterocycles. The number of hydrogen-bond donors (Lipinski definition) is 0. The molecule has 0 aliphatic heterocycles. The normalized spacial score (nSPS) is 0. The van der Waals surface area contributed by atoms with E-state index in [9.17, 15) is 0 Å². The van der Waals surface area contributed by atoms with E-state index >= 15 is 0 Å². The molecule has 7 heteroatoms. The van der Waals surface area contributed by atoms with Crippen LogP contribution in [0.4, 0.5) is 0 Å². The molecule has 12 radical (unpaired) electrons. The first kappa shape index (κ1) is 60.3. The molecule has 0 fully saturated rings. The number of rotatable bonds is 0. The predicted molar refractivity (Wildman–Crippen MR) is 23.0 cm³/mol. The van der Waals surface area contributed by atoms with Gasteiger partial charge in [-0.3, -0.25) is 0 Å². The van der Waals surface area contributed by atoms with Crippen molar-refractivity contribution in [3.63, 3.8) is 0 Å². The van der Waals surface area contributed by atoms with Crippen LogP contribution in [0.25, 0.3) is 0 Å². The van der Waals surface area contributed by atoms with E-state index in [1.807, 2.05) is 0 Å². The molecular formula is Al4Hf3+12. The average Bonchev–Trinajstić information content (AvgIpc) is 0. The van der Waals surface area contributed by atoms with Gasteiger partial charge in [-0.05, 0) is 0 Å². The molecule has 0 rings (SSSR count). The van der Waals surface area contributed by atoms with E-state index in [2.05, 4.69) is 0 Å². The van der Waals surface area contributed by atoms with Crippen LogP contribution in [0.15, 0.2) is 0 Å². The third-order valence-electron chi connectivity index (χ3n) is 0. The summed E-state index contributed by atoms with van der Waals surface area (Å²) in [5.41, 5.74) is 0. The summed E-state index contributed by atoms with van der Waals surface area (Å²) in [6.45, 7) is 0. The molecule has 0 aromatic carbocycles. The minimum atomic E-state index is 0. The van der Waals surface area contributed by atoms with Crippen LogP contribution >= 0.6 is 0 Å². The van der Waals surface area contributed by atoms with Crippen LogP contribution in [-0.2, 0) is 77.5 Å². The van der Waals surface area contributed by atoms with Gasteiger partial charge < -0.3 is 0 Å². The van der Waals surface area contributed by atoms with Crippen molar-refractivity contribution in [1.29, 1.82) is 0 Å². The van der Waals surface area contributed by atoms with Gasteiger partial charge in [-0.15, -0.1) is 0 Å². The van der Waals surface area contributed by atoms with E-state index in [0.29, 0.717) is 0 Å². The van der Waals surface area contributed by atoms with Crippen LogP contribution < -0.4 is 0 Å². The van der Waals surface area contributed by atoms with Crippen LogP contribution in [0.3, 0.4) is 0 Å². The summed E-state index contributed by atoms with van der Waals surface area (Å²) in [6, 6.07) is 0. The van der Waals surface area contributed by atoms with Gasteiger partial charge >= 0.3 is 77.5 Å². The third-order valence-corrected chi connectivity index (χ3v) is 0. The quantitative estimate of drug-likeness (QED) is 0.282. The fourth-order valence-corrected chi connectivity index (χ4v) is 0.